The lowest BCUT2D eigenvalue weighted by Crippen LogP contribution is -2.79. The van der Waals surface area contributed by atoms with Crippen LogP contribution in [0.5, 0.6) is 0 Å². The quantitative estimate of drug-likeness (QED) is 0.150. The maximum atomic E-state index is 2.46. The van der Waals surface area contributed by atoms with Crippen LogP contribution in [0.3, 0.4) is 0 Å². The Morgan fingerprint density at radius 3 is 1.12 bits per heavy atom. The molecule has 1 nitrogen and oxygen atoms in total. The molecule has 0 aliphatic carbocycles. The van der Waals surface area contributed by atoms with Gasteiger partial charge in [0.05, 0.1) is 0 Å². The van der Waals surface area contributed by atoms with Crippen molar-refractivity contribution in [2.75, 3.05) is 20.6 Å². The van der Waals surface area contributed by atoms with Gasteiger partial charge in [0.15, 0.2) is 0 Å². The summed E-state index contributed by atoms with van der Waals surface area (Å²) in [6.07, 6.45) is -0.546. The van der Waals surface area contributed by atoms with Crippen LogP contribution in [0.2, 0.25) is 0 Å². The van der Waals surface area contributed by atoms with E-state index < -0.39 is 6.28 Å². The Balaban J connectivity index is 1.41. The van der Waals surface area contributed by atoms with E-state index in [0.717, 1.165) is 17.4 Å². The molecule has 8 rings (SSSR count). The van der Waals surface area contributed by atoms with Crippen molar-refractivity contribution in [3.8, 4) is 33.4 Å². The first-order valence-electron chi connectivity index (χ1n) is 18.2. The van der Waals surface area contributed by atoms with E-state index in [1.54, 1.807) is 0 Å². The van der Waals surface area contributed by atoms with Gasteiger partial charge in [-0.05, 0) is 45.9 Å². The van der Waals surface area contributed by atoms with Crippen molar-refractivity contribution in [1.29, 1.82) is 0 Å². The van der Waals surface area contributed by atoms with Gasteiger partial charge in [0.25, 0.3) is 6.28 Å². The number of hydrogen-bond acceptors (Lipinski definition) is 0. The SMILES string of the molecule is Cc1ccc(C2=C(c3ccc(-c4ccccc4)cc3)[B-](c3ccc(-c4ccccc4)cc3)(c3ccc(-c4ccccc4)cc3)[N+](C)(C)CC2)cc1. The molecule has 248 valence electrons. The lowest BCUT2D eigenvalue weighted by Gasteiger charge is -2.61. The molecular weight excluding hydrogens is 613 g/mol. The number of aryl methyl sites for hydroxylation is 1. The van der Waals surface area contributed by atoms with Crippen LogP contribution in [0.25, 0.3) is 44.4 Å². The van der Waals surface area contributed by atoms with Gasteiger partial charge in [0, 0.05) is 27.1 Å². The summed E-state index contributed by atoms with van der Waals surface area (Å²) in [5.41, 5.74) is 16.9. The molecule has 0 amide bonds. The summed E-state index contributed by atoms with van der Waals surface area (Å²) in [5, 5.41) is 0. The summed E-state index contributed by atoms with van der Waals surface area (Å²) in [4.78, 5) is 0. The predicted octanol–water partition coefficient (Wildman–Crippen LogP) is 10.7. The molecule has 0 saturated carbocycles. The van der Waals surface area contributed by atoms with Crippen LogP contribution in [0.4, 0.5) is 0 Å². The molecule has 0 bridgehead atoms. The van der Waals surface area contributed by atoms with Crippen LogP contribution in [0.1, 0.15) is 23.1 Å². The molecular formula is C49H44BN. The number of hydrogen-bond donors (Lipinski definition) is 0. The second kappa shape index (κ2) is 13.6. The van der Waals surface area contributed by atoms with E-state index in [1.807, 2.05) is 0 Å². The smallest absolute Gasteiger partial charge is 0.291 e. The molecule has 1 aliphatic heterocycles. The van der Waals surface area contributed by atoms with Crippen molar-refractivity contribution in [3.63, 3.8) is 0 Å². The third kappa shape index (κ3) is 5.96. The van der Waals surface area contributed by atoms with Crippen molar-refractivity contribution in [2.24, 2.45) is 0 Å². The Kier molecular flexibility index (Phi) is 8.64. The molecule has 1 heterocycles. The third-order valence-electron chi connectivity index (χ3n) is 11.4. The Labute approximate surface area is 303 Å². The third-order valence-corrected chi connectivity index (χ3v) is 11.4. The van der Waals surface area contributed by atoms with Crippen molar-refractivity contribution in [3.05, 3.63) is 205 Å². The van der Waals surface area contributed by atoms with Crippen LogP contribution < -0.4 is 10.9 Å². The Morgan fingerprint density at radius 1 is 0.373 bits per heavy atom. The minimum atomic E-state index is -1.55. The van der Waals surface area contributed by atoms with E-state index in [1.165, 1.54) is 72.0 Å². The lowest BCUT2D eigenvalue weighted by atomic mass is 9.19. The fraction of sp³-hybridized carbons (Fsp3) is 0.102. The fourth-order valence-electron chi connectivity index (χ4n) is 8.78. The number of rotatable bonds is 7. The van der Waals surface area contributed by atoms with E-state index in [9.17, 15) is 0 Å². The van der Waals surface area contributed by atoms with Crippen molar-refractivity contribution < 1.29 is 4.39 Å². The molecule has 51 heavy (non-hydrogen) atoms. The largest absolute Gasteiger partial charge is 0.508 e. The molecule has 0 atom stereocenters. The van der Waals surface area contributed by atoms with Crippen LogP contribution in [-0.4, -0.2) is 31.3 Å². The maximum Gasteiger partial charge on any atom is 0.291 e. The molecule has 1 aliphatic rings. The highest BCUT2D eigenvalue weighted by Gasteiger charge is 2.51. The zero-order valence-corrected chi connectivity index (χ0v) is 29.8. The topological polar surface area (TPSA) is 0 Å². The Morgan fingerprint density at radius 2 is 0.706 bits per heavy atom. The first kappa shape index (κ1) is 32.5. The Bertz CT molecular complexity index is 2190. The van der Waals surface area contributed by atoms with Gasteiger partial charge in [-0.15, -0.1) is 16.4 Å². The molecule has 7 aromatic rings. The minimum absolute atomic E-state index is 0.848. The van der Waals surface area contributed by atoms with Crippen LogP contribution in [-0.2, 0) is 0 Å². The monoisotopic (exact) mass is 657 g/mol. The average molecular weight is 658 g/mol. The molecule has 0 aromatic heterocycles. The van der Waals surface area contributed by atoms with Gasteiger partial charge in [0.2, 0.25) is 0 Å². The van der Waals surface area contributed by atoms with Crippen molar-refractivity contribution in [1.82, 2.24) is 0 Å². The lowest BCUT2D eigenvalue weighted by molar-refractivity contribution is -0.786. The van der Waals surface area contributed by atoms with Gasteiger partial charge >= 0.3 is 0 Å². The van der Waals surface area contributed by atoms with Crippen LogP contribution >= 0.6 is 0 Å². The predicted molar refractivity (Wildman–Crippen MR) is 220 cm³/mol. The first-order valence-corrected chi connectivity index (χ1v) is 18.2. The number of benzene rings is 7. The second-order valence-corrected chi connectivity index (χ2v) is 14.8. The van der Waals surface area contributed by atoms with E-state index in [0.29, 0.717) is 0 Å². The van der Waals surface area contributed by atoms with Crippen LogP contribution in [0.15, 0.2) is 188 Å². The zero-order valence-electron chi connectivity index (χ0n) is 29.8. The van der Waals surface area contributed by atoms with E-state index in [4.69, 9.17) is 0 Å². The summed E-state index contributed by atoms with van der Waals surface area (Å²) in [6.45, 7) is 3.20. The highest BCUT2D eigenvalue weighted by molar-refractivity contribution is 7.11. The van der Waals surface area contributed by atoms with Gasteiger partial charge in [-0.2, -0.15) is 0 Å². The first-order chi connectivity index (χ1) is 24.9. The van der Waals surface area contributed by atoms with Gasteiger partial charge in [-0.3, -0.25) is 0 Å². The summed E-state index contributed by atoms with van der Waals surface area (Å²) in [7, 11) is 4.92. The standard InChI is InChI=1S/C49H44BN/c1-37-19-21-44(22-20-37)48-35-36-51(2,3)50(46-31-27-42(28-32-46)39-15-9-5-10-16-39,47-33-29-43(30-34-47)40-17-11-6-12-18-40)49(48)45-25-23-41(24-26-45)38-13-7-4-8-14-38/h4-34H,35-36H2,1-3H3. The normalized spacial score (nSPS) is 15.0. The fourth-order valence-corrected chi connectivity index (χ4v) is 8.78. The Hall–Kier alpha value is -5.70. The highest BCUT2D eigenvalue weighted by Crippen LogP contribution is 2.44. The zero-order chi connectivity index (χ0) is 34.8. The molecule has 0 N–H and O–H groups in total. The molecule has 0 fully saturated rings. The minimum Gasteiger partial charge on any atom is -0.508 e. The molecule has 0 radical (unpaired) electrons. The highest BCUT2D eigenvalue weighted by atomic mass is 15.3. The summed E-state index contributed by atoms with van der Waals surface area (Å²) < 4.78 is 0.848. The maximum absolute atomic E-state index is 2.46. The number of quaternary nitrogens is 1. The van der Waals surface area contributed by atoms with Crippen molar-refractivity contribution in [2.45, 2.75) is 13.3 Å². The van der Waals surface area contributed by atoms with Gasteiger partial charge in [0.1, 0.15) is 0 Å². The van der Waals surface area contributed by atoms with E-state index in [-0.39, 0.29) is 0 Å². The second-order valence-electron chi connectivity index (χ2n) is 14.8. The molecule has 2 heteroatoms. The van der Waals surface area contributed by atoms with Crippen LogP contribution in [0, 0.1) is 6.92 Å². The van der Waals surface area contributed by atoms with Gasteiger partial charge in [-0.1, -0.05) is 205 Å². The summed E-state index contributed by atoms with van der Waals surface area (Å²) >= 11 is 0. The molecule has 0 spiro atoms. The van der Waals surface area contributed by atoms with Crippen molar-refractivity contribution >= 4 is 28.3 Å². The average Bonchev–Trinajstić information content (AvgIpc) is 3.19. The molecule has 0 saturated heterocycles. The molecule has 0 unspecified atom stereocenters. The van der Waals surface area contributed by atoms with Gasteiger partial charge < -0.3 is 4.39 Å². The summed E-state index contributed by atoms with van der Waals surface area (Å²) in [6, 6.07) is 69.8. The van der Waals surface area contributed by atoms with Gasteiger partial charge in [-0.25, -0.2) is 0 Å². The molecule has 7 aromatic carbocycles. The number of nitrogens with zero attached hydrogens (tertiary/aromatic N) is 1. The van der Waals surface area contributed by atoms with E-state index >= 15 is 0 Å². The van der Waals surface area contributed by atoms with E-state index in [2.05, 4.69) is 209 Å². The summed E-state index contributed by atoms with van der Waals surface area (Å²) in [5.74, 6) is 0.